The van der Waals surface area contributed by atoms with Crippen LogP contribution in [0.3, 0.4) is 0 Å². The molecule has 0 bridgehead atoms. The lowest BCUT2D eigenvalue weighted by Gasteiger charge is -2.41. The van der Waals surface area contributed by atoms with Crippen LogP contribution in [0.2, 0.25) is 0 Å². The number of unbranched alkanes of at least 4 members (excludes halogenated alkanes) is 1. The van der Waals surface area contributed by atoms with Gasteiger partial charge in [0.05, 0.1) is 0 Å². The Morgan fingerprint density at radius 2 is 1.15 bits per heavy atom. The minimum atomic E-state index is -0.00940. The lowest BCUT2D eigenvalue weighted by atomic mass is 9.62. The van der Waals surface area contributed by atoms with E-state index in [2.05, 4.69) is 98.8 Å². The molecule has 0 saturated heterocycles. The van der Waals surface area contributed by atoms with Gasteiger partial charge >= 0.3 is 0 Å². The fourth-order valence-corrected chi connectivity index (χ4v) is 8.14. The molecule has 3 aromatic carbocycles. The van der Waals surface area contributed by atoms with Crippen molar-refractivity contribution in [3.05, 3.63) is 113 Å². The first kappa shape index (κ1) is 31.0. The normalized spacial score (nSPS) is 20.6. The summed E-state index contributed by atoms with van der Waals surface area (Å²) in [6, 6.07) is 27.5. The van der Waals surface area contributed by atoms with Crippen LogP contribution in [-0.4, -0.2) is 11.7 Å². The molecule has 2 unspecified atom stereocenters. The van der Waals surface area contributed by atoms with Crippen LogP contribution in [0.15, 0.2) is 90.5 Å². The van der Waals surface area contributed by atoms with Crippen molar-refractivity contribution in [3.63, 3.8) is 0 Å². The summed E-state index contributed by atoms with van der Waals surface area (Å²) in [6.45, 7) is 13.0. The van der Waals surface area contributed by atoms with Gasteiger partial charge in [0.1, 0.15) is 0 Å². The van der Waals surface area contributed by atoms with Crippen LogP contribution in [-0.2, 0) is 10.8 Å². The maximum atomic E-state index is 10.0. The Morgan fingerprint density at radius 3 is 1.71 bits per heavy atom. The van der Waals surface area contributed by atoms with Crippen molar-refractivity contribution in [2.75, 3.05) is 6.61 Å². The molecule has 6 rings (SSSR count). The molecule has 0 heterocycles. The van der Waals surface area contributed by atoms with E-state index < -0.39 is 0 Å². The zero-order chi connectivity index (χ0) is 29.5. The summed E-state index contributed by atoms with van der Waals surface area (Å²) in [7, 11) is 0. The Morgan fingerprint density at radius 1 is 0.659 bits per heavy atom. The summed E-state index contributed by atoms with van der Waals surface area (Å²) in [4.78, 5) is 0. The van der Waals surface area contributed by atoms with Crippen LogP contribution in [0.25, 0.3) is 16.7 Å². The van der Waals surface area contributed by atoms with Crippen molar-refractivity contribution in [1.29, 1.82) is 0 Å². The first-order valence-corrected chi connectivity index (χ1v) is 16.5. The highest BCUT2D eigenvalue weighted by Crippen LogP contribution is 2.60. The van der Waals surface area contributed by atoms with Crippen LogP contribution in [0.4, 0.5) is 0 Å². The molecule has 1 N–H and O–H groups in total. The first-order chi connectivity index (χ1) is 20.2. The second-order valence-electron chi connectivity index (χ2n) is 11.6. The number of allylic oxidation sites excluding steroid dienone is 4. The molecule has 1 nitrogen and oxygen atoms in total. The van der Waals surface area contributed by atoms with E-state index in [-0.39, 0.29) is 17.4 Å². The molecule has 0 amide bonds. The summed E-state index contributed by atoms with van der Waals surface area (Å²) in [5.41, 5.74) is 12.0. The zero-order valence-corrected chi connectivity index (χ0v) is 26.5. The van der Waals surface area contributed by atoms with Gasteiger partial charge < -0.3 is 5.11 Å². The quantitative estimate of drug-likeness (QED) is 0.282. The van der Waals surface area contributed by atoms with Crippen molar-refractivity contribution < 1.29 is 5.11 Å². The van der Waals surface area contributed by atoms with Crippen molar-refractivity contribution in [2.45, 2.75) is 104 Å². The van der Waals surface area contributed by atoms with Gasteiger partial charge in [0, 0.05) is 17.4 Å². The molecule has 3 aromatic rings. The topological polar surface area (TPSA) is 20.2 Å². The van der Waals surface area contributed by atoms with Crippen molar-refractivity contribution in [2.24, 2.45) is 5.92 Å². The summed E-state index contributed by atoms with van der Waals surface area (Å²) < 4.78 is 0. The van der Waals surface area contributed by atoms with Crippen LogP contribution >= 0.6 is 0 Å². The van der Waals surface area contributed by atoms with E-state index in [9.17, 15) is 5.11 Å². The number of benzene rings is 3. The minimum Gasteiger partial charge on any atom is -0.396 e. The molecule has 41 heavy (non-hydrogen) atoms. The maximum absolute atomic E-state index is 10.0. The number of fused-ring (bicyclic) bond motifs is 5. The average Bonchev–Trinajstić information content (AvgIpc) is 3.49. The summed E-state index contributed by atoms with van der Waals surface area (Å²) >= 11 is 0. The van der Waals surface area contributed by atoms with Gasteiger partial charge in [-0.2, -0.15) is 0 Å². The molecule has 3 aliphatic carbocycles. The Labute approximate surface area is 250 Å². The molecule has 3 aliphatic rings. The van der Waals surface area contributed by atoms with Crippen LogP contribution in [0.5, 0.6) is 0 Å². The molecular formula is C40H52O. The molecule has 218 valence electrons. The molecule has 0 fully saturated rings. The lowest BCUT2D eigenvalue weighted by molar-refractivity contribution is 0.253. The minimum absolute atomic E-state index is 0.00940. The number of aliphatic hydroxyl groups is 1. The van der Waals surface area contributed by atoms with Gasteiger partial charge in [-0.05, 0) is 89.0 Å². The standard InChI is InChI=1S/C36H40O.2C2H6/c1-3-4-21-35(31-18-8-5-14-27(31)28-15-6-9-19-32(28)35)23-24-36(22-12-25-37)33-20-10-7-16-29(33)30-17-11-13-26(2)34(30)36;2*1-2/h5-11,14-20,26,37H,3-4,12-13,21-25H2,1-2H3;2*1-2H3. The molecular weight excluding hydrogens is 496 g/mol. The highest BCUT2D eigenvalue weighted by atomic mass is 16.2. The summed E-state index contributed by atoms with van der Waals surface area (Å²) in [6.07, 6.45) is 13.6. The number of rotatable bonds is 9. The predicted molar refractivity (Wildman–Crippen MR) is 178 cm³/mol. The second-order valence-corrected chi connectivity index (χ2v) is 11.6. The maximum Gasteiger partial charge on any atom is 0.0431 e. The number of aliphatic hydroxyl groups excluding tert-OH is 1. The lowest BCUT2D eigenvalue weighted by Crippen LogP contribution is -2.35. The highest BCUT2D eigenvalue weighted by Gasteiger charge is 2.49. The van der Waals surface area contributed by atoms with Gasteiger partial charge in [-0.25, -0.2) is 0 Å². The van der Waals surface area contributed by atoms with E-state index in [0.717, 1.165) is 32.1 Å². The Kier molecular flexibility index (Phi) is 10.5. The number of hydrogen-bond donors (Lipinski definition) is 1. The van der Waals surface area contributed by atoms with Gasteiger partial charge in [-0.1, -0.05) is 139 Å². The summed E-state index contributed by atoms with van der Waals surface area (Å²) in [5.74, 6) is 0.529. The molecule has 0 aromatic heterocycles. The Hall–Kier alpha value is -2.90. The molecule has 1 heteroatoms. The van der Waals surface area contributed by atoms with E-state index in [0.29, 0.717) is 5.92 Å². The Balaban J connectivity index is 0.000000929. The number of hydrogen-bond acceptors (Lipinski definition) is 1. The molecule has 2 atom stereocenters. The molecule has 0 aliphatic heterocycles. The molecule has 0 radical (unpaired) electrons. The van der Waals surface area contributed by atoms with E-state index in [4.69, 9.17) is 0 Å². The van der Waals surface area contributed by atoms with Gasteiger partial charge in [-0.15, -0.1) is 0 Å². The third kappa shape index (κ3) is 5.27. The van der Waals surface area contributed by atoms with Crippen LogP contribution in [0, 0.1) is 5.92 Å². The molecule has 0 saturated carbocycles. The highest BCUT2D eigenvalue weighted by molar-refractivity contribution is 5.87. The largest absolute Gasteiger partial charge is 0.396 e. The average molecular weight is 549 g/mol. The van der Waals surface area contributed by atoms with Gasteiger partial charge in [0.2, 0.25) is 0 Å². The first-order valence-electron chi connectivity index (χ1n) is 16.5. The predicted octanol–water partition coefficient (Wildman–Crippen LogP) is 11.0. The SMILES string of the molecule is CC.CC.CCCCC1(CCC2(CCCO)C3=C(C=CCC3C)c3ccccc32)c2ccccc2-c2ccccc21. The third-order valence-corrected chi connectivity index (χ3v) is 9.68. The second kappa shape index (κ2) is 13.8. The fraction of sp³-hybridized carbons (Fsp3) is 0.450. The molecule has 0 spiro atoms. The summed E-state index contributed by atoms with van der Waals surface area (Å²) in [5, 5.41) is 10.0. The third-order valence-electron chi connectivity index (χ3n) is 9.68. The van der Waals surface area contributed by atoms with E-state index in [1.54, 1.807) is 5.57 Å². The monoisotopic (exact) mass is 548 g/mol. The smallest absolute Gasteiger partial charge is 0.0431 e. The fourth-order valence-electron chi connectivity index (χ4n) is 8.14. The van der Waals surface area contributed by atoms with Gasteiger partial charge in [-0.3, -0.25) is 0 Å². The van der Waals surface area contributed by atoms with Gasteiger partial charge in [0.25, 0.3) is 0 Å². The van der Waals surface area contributed by atoms with E-state index in [1.807, 2.05) is 27.7 Å². The van der Waals surface area contributed by atoms with Gasteiger partial charge in [0.15, 0.2) is 0 Å². The van der Waals surface area contributed by atoms with E-state index >= 15 is 0 Å². The van der Waals surface area contributed by atoms with Crippen molar-refractivity contribution in [3.8, 4) is 11.1 Å². The van der Waals surface area contributed by atoms with Crippen LogP contribution in [0.1, 0.15) is 115 Å². The van der Waals surface area contributed by atoms with E-state index in [1.165, 1.54) is 58.2 Å². The van der Waals surface area contributed by atoms with Crippen LogP contribution < -0.4 is 0 Å². The zero-order valence-electron chi connectivity index (χ0n) is 26.5. The van der Waals surface area contributed by atoms with Crippen molar-refractivity contribution in [1.82, 2.24) is 0 Å². The Bertz CT molecular complexity index is 1310. The van der Waals surface area contributed by atoms with Crippen molar-refractivity contribution >= 4 is 5.57 Å².